The number of nitrogens with zero attached hydrogens (tertiary/aromatic N) is 1. The molecule has 0 saturated carbocycles. The zero-order valence-corrected chi connectivity index (χ0v) is 67.7. The zero-order valence-electron chi connectivity index (χ0n) is 65.9. The average molecular weight is 1670 g/mol. The smallest absolute Gasteiger partial charge is 0.305 e. The van der Waals surface area contributed by atoms with Crippen molar-refractivity contribution in [2.24, 2.45) is 40.5 Å². The van der Waals surface area contributed by atoms with Gasteiger partial charge in [-0.05, 0) is 81.3 Å². The first-order valence-corrected chi connectivity index (χ1v) is 39.2. The van der Waals surface area contributed by atoms with E-state index in [9.17, 15) is 77.0 Å². The summed E-state index contributed by atoms with van der Waals surface area (Å²) in [6.45, 7) is 6.76. The Kier molecular flexibility index (Phi) is 47.9. The van der Waals surface area contributed by atoms with Gasteiger partial charge in [0.2, 0.25) is 70.9 Å². The third kappa shape index (κ3) is 39.6. The number of imide groups is 1. The number of carbonyl (C=O) groups is 15. The first-order chi connectivity index (χ1) is 55.0. The minimum Gasteiger partial charge on any atom is -0.481 e. The van der Waals surface area contributed by atoms with Crippen molar-refractivity contribution >= 4 is 138 Å². The number of benzene rings is 2. The number of guanidine groups is 4. The van der Waals surface area contributed by atoms with E-state index in [4.69, 9.17) is 50.3 Å². The number of nitrogens with two attached hydrogens (primary N) is 5. The van der Waals surface area contributed by atoms with Crippen LogP contribution in [0, 0.1) is 33.5 Å². The quantitative estimate of drug-likeness (QED) is 0.00732. The number of hydrazine groups is 1. The fraction of sp³-hybridized carbons (Fsp3) is 0.569. The van der Waals surface area contributed by atoms with Gasteiger partial charge in [-0.25, -0.2) is 5.43 Å². The van der Waals surface area contributed by atoms with Crippen LogP contribution in [0.3, 0.4) is 0 Å². The number of aldehydes is 1. The van der Waals surface area contributed by atoms with Crippen molar-refractivity contribution in [3.05, 3.63) is 71.8 Å². The average Bonchev–Trinajstić information content (AvgIpc) is 0.836. The Hall–Kier alpha value is -11.4. The van der Waals surface area contributed by atoms with Gasteiger partial charge < -0.3 is 113 Å². The van der Waals surface area contributed by atoms with Gasteiger partial charge in [0.05, 0.1) is 31.6 Å². The summed E-state index contributed by atoms with van der Waals surface area (Å²) >= 11 is 8.37. The Labute approximate surface area is 684 Å². The van der Waals surface area contributed by atoms with E-state index in [0.717, 1.165) is 4.90 Å². The molecule has 0 heterocycles. The second kappa shape index (κ2) is 55.2. The summed E-state index contributed by atoms with van der Waals surface area (Å²) in [6.07, 6.45) is 0.113. The lowest BCUT2D eigenvalue weighted by Gasteiger charge is -2.32. The highest BCUT2D eigenvalue weighted by Gasteiger charge is 2.40. The molecule has 0 aliphatic carbocycles. The number of hydrogen-bond acceptors (Lipinski definition) is 23. The maximum atomic E-state index is 15.0. The molecule has 2 rings (SSSR count). The van der Waals surface area contributed by atoms with E-state index in [1.54, 1.807) is 88.4 Å². The van der Waals surface area contributed by atoms with Gasteiger partial charge in [0.15, 0.2) is 23.8 Å². The van der Waals surface area contributed by atoms with Gasteiger partial charge >= 0.3 is 5.97 Å². The molecule has 0 unspecified atom stereocenters. The number of hydrogen-bond donors (Lipinski definition) is 28. The summed E-state index contributed by atoms with van der Waals surface area (Å²) in [4.78, 5) is 208. The molecule has 0 aliphatic rings. The van der Waals surface area contributed by atoms with Crippen molar-refractivity contribution in [2.45, 2.75) is 197 Å². The maximum absolute atomic E-state index is 15.0. The molecule has 2 aromatic carbocycles. The van der Waals surface area contributed by atoms with E-state index in [-0.39, 0.29) is 114 Å². The van der Waals surface area contributed by atoms with Crippen LogP contribution < -0.4 is 114 Å². The van der Waals surface area contributed by atoms with Crippen LogP contribution >= 0.6 is 25.3 Å². The summed E-state index contributed by atoms with van der Waals surface area (Å²) in [6, 6.07) is 0.758. The molecular formula is C72H118N26O16S2. The number of carboxylic acids is 1. The predicted octanol–water partition coefficient (Wildman–Crippen LogP) is -5.90. The molecule has 0 aromatic heterocycles. The first-order valence-electron chi connectivity index (χ1n) is 37.9. The number of carboxylic acid groups (broad SMARTS) is 1. The SMILES string of the molecule is CC[C@H](C)[C@H](NC(=O)[C@H](CCCNC(=N)N)NC(=O)CNC(=O)CNC(=O)[C@H](Cc1ccccc1)NC(=O)[C@@H](C)NC(=O)[C@@H](N)CS)C(=O)N[C@@H](CC(=O)O)C(=O)N[C@@H](CCCNC(=N)N)C(=O)N[C@H](C(=O)N[C@@H](CS)C(=O)N[C@@H](Cc1ccccc1)C(=O)N(C(=O)CCCCCNNC(=N)N)[C@H](C=O)CCCNC(=N)N)[C@@H](C)CC. The van der Waals surface area contributed by atoms with Crippen LogP contribution in [0.2, 0.25) is 0 Å². The molecule has 0 aliphatic heterocycles. The van der Waals surface area contributed by atoms with Gasteiger partial charge in [-0.1, -0.05) is 108 Å². The lowest BCUT2D eigenvalue weighted by Crippen LogP contribution is -2.62. The Bertz CT molecular complexity index is 3630. The summed E-state index contributed by atoms with van der Waals surface area (Å²) in [7, 11) is 0. The summed E-state index contributed by atoms with van der Waals surface area (Å²) in [5, 5.41) is 75.5. The van der Waals surface area contributed by atoms with Gasteiger partial charge in [0, 0.05) is 56.9 Å². The van der Waals surface area contributed by atoms with Crippen molar-refractivity contribution in [3.63, 3.8) is 0 Å². The monoisotopic (exact) mass is 1670 g/mol. The minimum atomic E-state index is -1.99. The number of unbranched alkanes of at least 4 members (excludes halogenated alkanes) is 2. The van der Waals surface area contributed by atoms with Gasteiger partial charge in [0.25, 0.3) is 5.91 Å². The molecule has 13 amide bonds. The van der Waals surface area contributed by atoms with E-state index in [1.165, 1.54) is 6.92 Å². The molecule has 0 spiro atoms. The Morgan fingerprint density at radius 3 is 1.38 bits per heavy atom. The van der Waals surface area contributed by atoms with Crippen molar-refractivity contribution in [3.8, 4) is 0 Å². The highest BCUT2D eigenvalue weighted by atomic mass is 32.1. The summed E-state index contributed by atoms with van der Waals surface area (Å²) in [5.41, 5.74) is 33.8. The molecule has 44 heteroatoms. The second-order valence-electron chi connectivity index (χ2n) is 27.4. The van der Waals surface area contributed by atoms with Crippen LogP contribution in [0.15, 0.2) is 60.7 Å². The van der Waals surface area contributed by atoms with E-state index < -0.39 is 198 Å². The number of carbonyl (C=O) groups excluding carboxylic acids is 14. The maximum Gasteiger partial charge on any atom is 0.305 e. The number of amides is 13. The summed E-state index contributed by atoms with van der Waals surface area (Å²) < 4.78 is 0. The Morgan fingerprint density at radius 2 is 0.905 bits per heavy atom. The zero-order chi connectivity index (χ0) is 87.0. The molecule has 2 aromatic rings. The van der Waals surface area contributed by atoms with Crippen molar-refractivity contribution in [2.75, 3.05) is 50.8 Å². The Balaban J connectivity index is 2.49. The number of thiol groups is 2. The fourth-order valence-electron chi connectivity index (χ4n) is 11.2. The van der Waals surface area contributed by atoms with Crippen LogP contribution in [-0.4, -0.2) is 240 Å². The molecule has 0 fully saturated rings. The molecule has 0 bridgehead atoms. The normalized spacial score (nSPS) is 14.2. The number of nitrogens with one attached hydrogen (secondary N) is 20. The molecule has 31 N–H and O–H groups in total. The van der Waals surface area contributed by atoms with Crippen molar-refractivity contribution in [1.82, 2.24) is 90.2 Å². The van der Waals surface area contributed by atoms with Gasteiger partial charge in [-0.15, -0.1) is 0 Å². The van der Waals surface area contributed by atoms with Crippen LogP contribution in [0.1, 0.15) is 129 Å². The fourth-order valence-corrected chi connectivity index (χ4v) is 11.6. The number of rotatable bonds is 56. The molecule has 13 atom stereocenters. The topological polar surface area (TPSA) is 697 Å². The first kappa shape index (κ1) is 101. The van der Waals surface area contributed by atoms with Crippen LogP contribution in [0.4, 0.5) is 0 Å². The third-order valence-corrected chi connectivity index (χ3v) is 18.8. The van der Waals surface area contributed by atoms with Crippen LogP contribution in [0.5, 0.6) is 0 Å². The van der Waals surface area contributed by atoms with Crippen LogP contribution in [0.25, 0.3) is 0 Å². The van der Waals surface area contributed by atoms with Crippen molar-refractivity contribution in [1.29, 1.82) is 21.6 Å². The molecule has 644 valence electrons. The number of aliphatic carboxylic acids is 1. The highest BCUT2D eigenvalue weighted by Crippen LogP contribution is 2.18. The molecule has 0 saturated heterocycles. The van der Waals surface area contributed by atoms with E-state index in [1.807, 2.05) is 0 Å². The third-order valence-electron chi connectivity index (χ3n) is 18.0. The molecule has 42 nitrogen and oxygen atoms in total. The standard InChI is InChI=1S/C72H118N26O16S2/c1-6-40(3)57(95-62(108)47(25-18-29-83-70(76)77)89-54(101)36-85-53(100)35-86-61(107)49(32-43-20-11-8-12-21-43)91-59(105)42(5)88-60(106)46(73)38-115)66(112)92-50(34-56(103)104)64(110)90-48(26-19-30-84-71(78)79)63(109)96-58(41(4)7-2)67(113)94-52(39-116)65(111)93-51(33-44-22-13-9-14-23-44)68(114)98(45(37-99)24-17-28-82-69(74)75)55(102)27-15-10-16-31-87-97-72(80)81/h8-9,11-14,20-23,37,40-42,45-52,57-58,87,115-116H,6-7,10,15-19,24-36,38-39,73H2,1-5H3,(H,85,100)(H,86,107)(H,88,106)(H,89,101)(H,90,110)(H,91,105)(H,92,112)(H,93,111)(H,94,113)(H,95,108)(H,96,109)(H,103,104)(H4,74,75,82)(H4,76,77,83)(H4,78,79,84)(H4,80,81,97)/t40-,41-,42+,45-,46-,47-,48-,49-,50-,51-,52-,57-,58-/m0/s1. The summed E-state index contributed by atoms with van der Waals surface area (Å²) in [5.74, 6) is -17.2. The van der Waals surface area contributed by atoms with Gasteiger partial charge in [0.1, 0.15) is 60.7 Å². The lowest BCUT2D eigenvalue weighted by atomic mass is 9.96. The van der Waals surface area contributed by atoms with E-state index in [2.05, 4.69) is 111 Å². The predicted molar refractivity (Wildman–Crippen MR) is 437 cm³/mol. The van der Waals surface area contributed by atoms with Crippen LogP contribution in [-0.2, 0) is 84.8 Å². The Morgan fingerprint density at radius 1 is 0.457 bits per heavy atom. The highest BCUT2D eigenvalue weighted by molar-refractivity contribution is 7.80. The minimum absolute atomic E-state index is 0.00950. The van der Waals surface area contributed by atoms with E-state index >= 15 is 0 Å². The molecule has 0 radical (unpaired) electrons. The second-order valence-corrected chi connectivity index (χ2v) is 28.1. The lowest BCUT2D eigenvalue weighted by molar-refractivity contribution is -0.152. The van der Waals surface area contributed by atoms with E-state index in [0.29, 0.717) is 36.8 Å². The van der Waals surface area contributed by atoms with Gasteiger partial charge in [-0.3, -0.25) is 99.1 Å². The molecule has 116 heavy (non-hydrogen) atoms. The van der Waals surface area contributed by atoms with Gasteiger partial charge in [-0.2, -0.15) is 25.3 Å². The van der Waals surface area contributed by atoms with Crippen molar-refractivity contribution < 1.29 is 77.0 Å². The molecular weight excluding hydrogens is 1550 g/mol. The largest absolute Gasteiger partial charge is 0.481 e.